The molecule has 1 atom stereocenters. The highest BCUT2D eigenvalue weighted by Gasteiger charge is 2.38. The lowest BCUT2D eigenvalue weighted by atomic mass is 9.89. The van der Waals surface area contributed by atoms with Crippen molar-refractivity contribution >= 4 is 23.9 Å². The first kappa shape index (κ1) is 23.9. The summed E-state index contributed by atoms with van der Waals surface area (Å²) in [5.41, 5.74) is 4.61. The summed E-state index contributed by atoms with van der Waals surface area (Å²) in [6.07, 6.45) is 8.56. The number of urea groups is 1. The Bertz CT molecular complexity index is 1170. The number of carboxylic acid groups (broad SMARTS) is 1. The van der Waals surface area contributed by atoms with Crippen LogP contribution in [0.15, 0.2) is 47.4 Å². The predicted octanol–water partition coefficient (Wildman–Crippen LogP) is 3.13. The van der Waals surface area contributed by atoms with Crippen LogP contribution in [0.2, 0.25) is 0 Å². The standard InChI is InChI=1S/C26H31N5O5/c1-29-21-9-7-18(14-19(21)16-36-26(29)35)22(15-23(32)33)31-13-12-30(25(31)34)11-3-5-20-8-6-17-4-2-10-27-24(17)28-20/h6-9,16,22H,2-5,10-15H2,1H3,(H,27,28)(H,32,33). The van der Waals surface area contributed by atoms with Gasteiger partial charge in [-0.2, -0.15) is 0 Å². The second-order valence-corrected chi connectivity index (χ2v) is 9.58. The van der Waals surface area contributed by atoms with Crippen molar-refractivity contribution in [2.75, 3.05) is 38.5 Å². The van der Waals surface area contributed by atoms with E-state index in [2.05, 4.69) is 17.4 Å². The predicted molar refractivity (Wildman–Crippen MR) is 132 cm³/mol. The molecule has 190 valence electrons. The van der Waals surface area contributed by atoms with Gasteiger partial charge in [0.2, 0.25) is 0 Å². The van der Waals surface area contributed by atoms with Crippen molar-refractivity contribution in [3.05, 3.63) is 58.6 Å². The number of rotatable bonds is 8. The number of pyridine rings is 1. The Balaban J connectivity index is 1.23. The van der Waals surface area contributed by atoms with E-state index in [4.69, 9.17) is 9.72 Å². The maximum Gasteiger partial charge on any atom is 0.418 e. The molecular weight excluding hydrogens is 462 g/mol. The van der Waals surface area contributed by atoms with Crippen molar-refractivity contribution in [3.63, 3.8) is 0 Å². The third-order valence-corrected chi connectivity index (χ3v) is 7.23. The van der Waals surface area contributed by atoms with Crippen LogP contribution in [0.4, 0.5) is 15.4 Å². The van der Waals surface area contributed by atoms with Gasteiger partial charge in [0.1, 0.15) is 12.1 Å². The Morgan fingerprint density at radius 3 is 2.94 bits per heavy atom. The molecule has 1 saturated heterocycles. The van der Waals surface area contributed by atoms with Gasteiger partial charge in [-0.3, -0.25) is 9.69 Å². The Hall–Kier alpha value is -3.82. The van der Waals surface area contributed by atoms with E-state index in [-0.39, 0.29) is 12.5 Å². The van der Waals surface area contributed by atoms with Crippen molar-refractivity contribution in [1.82, 2.24) is 19.7 Å². The molecule has 1 aliphatic carbocycles. The highest BCUT2D eigenvalue weighted by molar-refractivity contribution is 5.79. The number of carbonyl (C=O) groups is 3. The van der Waals surface area contributed by atoms with Crippen LogP contribution < -0.4 is 5.32 Å². The number of carboxylic acids is 1. The SMILES string of the molecule is CN1C(=O)OC=C2CC(C(CC(=O)O)N3CCN(CCCc4ccc5c(n4)NCCC5)C3=O)=CC=C21. The maximum atomic E-state index is 13.3. The van der Waals surface area contributed by atoms with E-state index in [0.717, 1.165) is 60.6 Å². The molecule has 0 spiro atoms. The molecule has 4 heterocycles. The quantitative estimate of drug-likeness (QED) is 0.572. The van der Waals surface area contributed by atoms with Gasteiger partial charge in [-0.05, 0) is 49.0 Å². The lowest BCUT2D eigenvalue weighted by Crippen LogP contribution is -2.42. The number of fused-ring (bicyclic) bond motifs is 2. The summed E-state index contributed by atoms with van der Waals surface area (Å²) >= 11 is 0. The molecule has 1 fully saturated rings. The van der Waals surface area contributed by atoms with Crippen molar-refractivity contribution in [2.24, 2.45) is 0 Å². The average molecular weight is 494 g/mol. The normalized spacial score (nSPS) is 20.0. The summed E-state index contributed by atoms with van der Waals surface area (Å²) in [5.74, 6) is 0.0147. The zero-order valence-electron chi connectivity index (χ0n) is 20.4. The van der Waals surface area contributed by atoms with Gasteiger partial charge in [0.05, 0.1) is 18.2 Å². The van der Waals surface area contributed by atoms with Gasteiger partial charge in [0.25, 0.3) is 0 Å². The lowest BCUT2D eigenvalue weighted by Gasteiger charge is -2.33. The number of aromatic nitrogens is 1. The van der Waals surface area contributed by atoms with E-state index in [1.165, 1.54) is 16.7 Å². The Labute approximate surface area is 209 Å². The number of likely N-dealkylation sites (N-methyl/N-ethyl adjacent to an activating group) is 1. The van der Waals surface area contributed by atoms with E-state index in [9.17, 15) is 19.5 Å². The average Bonchev–Trinajstić information content (AvgIpc) is 3.24. The molecule has 4 aliphatic rings. The van der Waals surface area contributed by atoms with Gasteiger partial charge in [-0.1, -0.05) is 12.1 Å². The summed E-state index contributed by atoms with van der Waals surface area (Å²) in [7, 11) is 1.63. The Morgan fingerprint density at radius 2 is 2.11 bits per heavy atom. The highest BCUT2D eigenvalue weighted by atomic mass is 16.5. The van der Waals surface area contributed by atoms with Crippen molar-refractivity contribution < 1.29 is 24.2 Å². The monoisotopic (exact) mass is 493 g/mol. The van der Waals surface area contributed by atoms with Gasteiger partial charge >= 0.3 is 18.1 Å². The molecule has 0 saturated carbocycles. The fourth-order valence-corrected chi connectivity index (χ4v) is 5.28. The van der Waals surface area contributed by atoms with E-state index in [1.807, 2.05) is 6.08 Å². The van der Waals surface area contributed by atoms with Crippen LogP contribution >= 0.6 is 0 Å². The third-order valence-electron chi connectivity index (χ3n) is 7.23. The number of anilines is 1. The van der Waals surface area contributed by atoms with Crippen molar-refractivity contribution in [3.8, 4) is 0 Å². The summed E-state index contributed by atoms with van der Waals surface area (Å²) < 4.78 is 5.09. The minimum absolute atomic E-state index is 0.141. The molecule has 10 heteroatoms. The van der Waals surface area contributed by atoms with Gasteiger partial charge in [-0.15, -0.1) is 0 Å². The van der Waals surface area contributed by atoms with Gasteiger partial charge in [0.15, 0.2) is 0 Å². The van der Waals surface area contributed by atoms with Crippen LogP contribution in [0, 0.1) is 0 Å². The van der Waals surface area contributed by atoms with E-state index in [1.54, 1.807) is 22.9 Å². The van der Waals surface area contributed by atoms with Gasteiger partial charge in [0, 0.05) is 50.9 Å². The Morgan fingerprint density at radius 1 is 1.25 bits per heavy atom. The fourth-order valence-electron chi connectivity index (χ4n) is 5.28. The number of aryl methyl sites for hydroxylation is 2. The molecule has 1 aromatic rings. The second kappa shape index (κ2) is 10.0. The summed E-state index contributed by atoms with van der Waals surface area (Å²) in [6.45, 7) is 2.58. The first-order valence-corrected chi connectivity index (χ1v) is 12.4. The van der Waals surface area contributed by atoms with Crippen LogP contribution in [0.3, 0.4) is 0 Å². The van der Waals surface area contributed by atoms with Crippen molar-refractivity contribution in [1.29, 1.82) is 0 Å². The molecule has 0 aromatic carbocycles. The second-order valence-electron chi connectivity index (χ2n) is 9.58. The molecule has 3 amide bonds. The van der Waals surface area contributed by atoms with Crippen LogP contribution in [0.1, 0.15) is 36.9 Å². The summed E-state index contributed by atoms with van der Waals surface area (Å²) in [4.78, 5) is 46.4. The number of aliphatic carboxylic acids is 1. The van der Waals surface area contributed by atoms with Crippen molar-refractivity contribution in [2.45, 2.75) is 44.6 Å². The van der Waals surface area contributed by atoms with Crippen LogP contribution in [0.5, 0.6) is 0 Å². The number of amides is 3. The number of nitrogens with zero attached hydrogens (tertiary/aromatic N) is 4. The molecular formula is C26H31N5O5. The topological polar surface area (TPSA) is 115 Å². The molecule has 0 bridgehead atoms. The maximum absolute atomic E-state index is 13.3. The largest absolute Gasteiger partial charge is 0.481 e. The van der Waals surface area contributed by atoms with Crippen LogP contribution in [0.25, 0.3) is 0 Å². The first-order valence-electron chi connectivity index (χ1n) is 12.4. The van der Waals surface area contributed by atoms with Crippen LogP contribution in [-0.4, -0.2) is 82.2 Å². The summed E-state index contributed by atoms with van der Waals surface area (Å²) in [5, 5.41) is 12.9. The van der Waals surface area contributed by atoms with Crippen LogP contribution in [-0.2, 0) is 22.4 Å². The van der Waals surface area contributed by atoms with Gasteiger partial charge < -0.3 is 25.0 Å². The molecule has 2 N–H and O–H groups in total. The number of carbonyl (C=O) groups excluding carboxylic acids is 2. The fraction of sp³-hybridized carbons (Fsp3) is 0.462. The molecule has 36 heavy (non-hydrogen) atoms. The van der Waals surface area contributed by atoms with E-state index >= 15 is 0 Å². The Kier molecular flexibility index (Phi) is 6.67. The minimum atomic E-state index is -0.963. The van der Waals surface area contributed by atoms with Gasteiger partial charge in [-0.25, -0.2) is 14.6 Å². The summed E-state index contributed by atoms with van der Waals surface area (Å²) in [6, 6.07) is 3.51. The number of hydrogen-bond acceptors (Lipinski definition) is 6. The smallest absolute Gasteiger partial charge is 0.418 e. The highest BCUT2D eigenvalue weighted by Crippen LogP contribution is 2.34. The minimum Gasteiger partial charge on any atom is -0.481 e. The molecule has 10 nitrogen and oxygen atoms in total. The molecule has 5 rings (SSSR count). The third kappa shape index (κ3) is 4.80. The number of nitrogens with one attached hydrogen (secondary N) is 1. The number of allylic oxidation sites excluding steroid dienone is 3. The van der Waals surface area contributed by atoms with E-state index < -0.39 is 18.1 Å². The number of ether oxygens (including phenoxy) is 1. The number of hydrogen-bond donors (Lipinski definition) is 2. The molecule has 1 unspecified atom stereocenters. The number of cyclic esters (lactones) is 1. The van der Waals surface area contributed by atoms with E-state index in [0.29, 0.717) is 26.1 Å². The molecule has 0 radical (unpaired) electrons. The zero-order chi connectivity index (χ0) is 25.2. The molecule has 1 aromatic heterocycles. The zero-order valence-corrected chi connectivity index (χ0v) is 20.4. The first-order chi connectivity index (χ1) is 17.4. The molecule has 3 aliphatic heterocycles. The lowest BCUT2D eigenvalue weighted by molar-refractivity contribution is -0.137.